The number of hydrogen-bond donors (Lipinski definition) is 1. The second-order valence-electron chi connectivity index (χ2n) is 4.86. The van der Waals surface area contributed by atoms with Gasteiger partial charge in [0.25, 0.3) is 0 Å². The van der Waals surface area contributed by atoms with Crippen LogP contribution >= 0.6 is 0 Å². The highest BCUT2D eigenvalue weighted by Gasteiger charge is 2.24. The summed E-state index contributed by atoms with van der Waals surface area (Å²) in [4.78, 5) is 0. The van der Waals surface area contributed by atoms with Crippen molar-refractivity contribution < 1.29 is 9.47 Å². The number of rotatable bonds is 7. The molecule has 0 saturated heterocycles. The van der Waals surface area contributed by atoms with Crippen LogP contribution in [0.25, 0.3) is 0 Å². The summed E-state index contributed by atoms with van der Waals surface area (Å²) < 4.78 is 11.3. The van der Waals surface area contributed by atoms with Crippen LogP contribution in [0.2, 0.25) is 0 Å². The van der Waals surface area contributed by atoms with Gasteiger partial charge in [-0.1, -0.05) is 6.92 Å². The van der Waals surface area contributed by atoms with Crippen LogP contribution in [0.4, 0.5) is 0 Å². The van der Waals surface area contributed by atoms with Crippen LogP contribution in [-0.2, 0) is 9.47 Å². The molecule has 0 saturated carbocycles. The summed E-state index contributed by atoms with van der Waals surface area (Å²) in [5.41, 5.74) is 5.09. The van der Waals surface area contributed by atoms with E-state index in [0.29, 0.717) is 13.2 Å². The monoisotopic (exact) mass is 203 g/mol. The van der Waals surface area contributed by atoms with Gasteiger partial charge in [-0.3, -0.25) is 0 Å². The van der Waals surface area contributed by atoms with Gasteiger partial charge in [-0.15, -0.1) is 0 Å². The van der Waals surface area contributed by atoms with Crippen molar-refractivity contribution in [1.82, 2.24) is 0 Å². The summed E-state index contributed by atoms with van der Waals surface area (Å²) >= 11 is 0. The highest BCUT2D eigenvalue weighted by molar-refractivity contribution is 4.74. The van der Waals surface area contributed by atoms with Crippen LogP contribution in [0.3, 0.4) is 0 Å². The molecule has 0 aliphatic heterocycles. The Morgan fingerprint density at radius 3 is 2.00 bits per heavy atom. The Morgan fingerprint density at radius 1 is 1.00 bits per heavy atom. The van der Waals surface area contributed by atoms with Gasteiger partial charge >= 0.3 is 0 Å². The molecular weight excluding hydrogens is 178 g/mol. The SMILES string of the molecule is CCCOC(C)(C)COC(C)(C)CN. The first-order chi connectivity index (χ1) is 6.33. The van der Waals surface area contributed by atoms with E-state index in [9.17, 15) is 0 Å². The lowest BCUT2D eigenvalue weighted by molar-refractivity contribution is -0.116. The topological polar surface area (TPSA) is 44.5 Å². The van der Waals surface area contributed by atoms with Crippen LogP contribution in [0, 0.1) is 0 Å². The van der Waals surface area contributed by atoms with Gasteiger partial charge in [0, 0.05) is 13.2 Å². The van der Waals surface area contributed by atoms with E-state index in [-0.39, 0.29) is 11.2 Å². The Kier molecular flexibility index (Phi) is 5.64. The van der Waals surface area contributed by atoms with Crippen molar-refractivity contribution in [2.75, 3.05) is 19.8 Å². The zero-order valence-electron chi connectivity index (χ0n) is 10.2. The summed E-state index contributed by atoms with van der Waals surface area (Å²) in [5.74, 6) is 0. The molecule has 2 N–H and O–H groups in total. The molecule has 0 fully saturated rings. The molecule has 0 spiro atoms. The first-order valence-corrected chi connectivity index (χ1v) is 5.31. The first kappa shape index (κ1) is 13.9. The van der Waals surface area contributed by atoms with E-state index in [1.165, 1.54) is 0 Å². The van der Waals surface area contributed by atoms with Crippen LogP contribution < -0.4 is 5.73 Å². The van der Waals surface area contributed by atoms with Crippen LogP contribution in [0.1, 0.15) is 41.0 Å². The van der Waals surface area contributed by atoms with Gasteiger partial charge in [-0.25, -0.2) is 0 Å². The maximum atomic E-state index is 5.69. The molecule has 0 atom stereocenters. The van der Waals surface area contributed by atoms with E-state index < -0.39 is 0 Å². The fourth-order valence-corrected chi connectivity index (χ4v) is 0.848. The Hall–Kier alpha value is -0.120. The predicted molar refractivity (Wildman–Crippen MR) is 59.4 cm³/mol. The number of hydrogen-bond acceptors (Lipinski definition) is 3. The predicted octanol–water partition coefficient (Wildman–Crippen LogP) is 1.95. The molecule has 3 heteroatoms. The summed E-state index contributed by atoms with van der Waals surface area (Å²) in [5, 5.41) is 0. The highest BCUT2D eigenvalue weighted by Crippen LogP contribution is 2.15. The zero-order chi connectivity index (χ0) is 11.2. The van der Waals surface area contributed by atoms with Gasteiger partial charge in [0.1, 0.15) is 0 Å². The van der Waals surface area contributed by atoms with E-state index in [1.54, 1.807) is 0 Å². The van der Waals surface area contributed by atoms with E-state index >= 15 is 0 Å². The lowest BCUT2D eigenvalue weighted by Gasteiger charge is -2.31. The average Bonchev–Trinajstić information content (AvgIpc) is 2.12. The third-order valence-corrected chi connectivity index (χ3v) is 2.00. The highest BCUT2D eigenvalue weighted by atomic mass is 16.6. The first-order valence-electron chi connectivity index (χ1n) is 5.31. The maximum absolute atomic E-state index is 5.69. The minimum absolute atomic E-state index is 0.220. The molecule has 0 amide bonds. The fraction of sp³-hybridized carbons (Fsp3) is 1.00. The summed E-state index contributed by atoms with van der Waals surface area (Å²) in [6, 6.07) is 0. The molecule has 0 radical (unpaired) electrons. The molecule has 0 aliphatic carbocycles. The Bertz CT molecular complexity index is 155. The van der Waals surface area contributed by atoms with Crippen LogP contribution in [0.5, 0.6) is 0 Å². The molecule has 0 aliphatic rings. The van der Waals surface area contributed by atoms with Gasteiger partial charge in [-0.2, -0.15) is 0 Å². The minimum Gasteiger partial charge on any atom is -0.373 e. The average molecular weight is 203 g/mol. The van der Waals surface area contributed by atoms with Crippen LogP contribution in [-0.4, -0.2) is 31.0 Å². The summed E-state index contributed by atoms with van der Waals surface area (Å²) in [7, 11) is 0. The van der Waals surface area contributed by atoms with Crippen LogP contribution in [0.15, 0.2) is 0 Å². The molecule has 0 unspecified atom stereocenters. The molecular formula is C11H25NO2. The quantitative estimate of drug-likeness (QED) is 0.688. The summed E-state index contributed by atoms with van der Waals surface area (Å²) in [6.07, 6.45) is 1.03. The molecule has 0 heterocycles. The Labute approximate surface area is 88.0 Å². The molecule has 14 heavy (non-hydrogen) atoms. The maximum Gasteiger partial charge on any atom is 0.0859 e. The van der Waals surface area contributed by atoms with Gasteiger partial charge in [-0.05, 0) is 34.1 Å². The van der Waals surface area contributed by atoms with Gasteiger partial charge < -0.3 is 15.2 Å². The lowest BCUT2D eigenvalue weighted by atomic mass is 10.1. The van der Waals surface area contributed by atoms with Crippen molar-refractivity contribution in [2.24, 2.45) is 5.73 Å². The van der Waals surface area contributed by atoms with Crippen molar-refractivity contribution in [1.29, 1.82) is 0 Å². The van der Waals surface area contributed by atoms with E-state index in [4.69, 9.17) is 15.2 Å². The van der Waals surface area contributed by atoms with Crippen molar-refractivity contribution in [3.63, 3.8) is 0 Å². The molecule has 0 aromatic heterocycles. The van der Waals surface area contributed by atoms with E-state index in [2.05, 4.69) is 6.92 Å². The second-order valence-corrected chi connectivity index (χ2v) is 4.86. The zero-order valence-corrected chi connectivity index (χ0v) is 10.2. The van der Waals surface area contributed by atoms with Crippen molar-refractivity contribution >= 4 is 0 Å². The summed E-state index contributed by atoms with van der Waals surface area (Å²) in [6.45, 7) is 12.0. The fourth-order valence-electron chi connectivity index (χ4n) is 0.848. The molecule has 86 valence electrons. The largest absolute Gasteiger partial charge is 0.373 e. The molecule has 0 aromatic rings. The molecule has 0 rings (SSSR count). The van der Waals surface area contributed by atoms with Crippen molar-refractivity contribution in [3.8, 4) is 0 Å². The normalized spacial score (nSPS) is 13.3. The second kappa shape index (κ2) is 5.69. The molecule has 0 aromatic carbocycles. The van der Waals surface area contributed by atoms with Crippen molar-refractivity contribution in [3.05, 3.63) is 0 Å². The number of ether oxygens (including phenoxy) is 2. The Balaban J connectivity index is 3.85. The van der Waals surface area contributed by atoms with Gasteiger partial charge in [0.2, 0.25) is 0 Å². The minimum atomic E-state index is -0.257. The number of nitrogens with two attached hydrogens (primary N) is 1. The third kappa shape index (κ3) is 6.35. The lowest BCUT2D eigenvalue weighted by Crippen LogP contribution is -2.40. The van der Waals surface area contributed by atoms with Crippen molar-refractivity contribution in [2.45, 2.75) is 52.2 Å². The van der Waals surface area contributed by atoms with E-state index in [1.807, 2.05) is 27.7 Å². The Morgan fingerprint density at radius 2 is 1.57 bits per heavy atom. The molecule has 3 nitrogen and oxygen atoms in total. The standard InChI is InChI=1S/C11H25NO2/c1-6-7-13-11(4,5)9-14-10(2,3)8-12/h6-9,12H2,1-5H3. The van der Waals surface area contributed by atoms with Gasteiger partial charge in [0.15, 0.2) is 0 Å². The van der Waals surface area contributed by atoms with E-state index in [0.717, 1.165) is 13.0 Å². The molecule has 0 bridgehead atoms. The third-order valence-electron chi connectivity index (χ3n) is 2.00. The van der Waals surface area contributed by atoms with Gasteiger partial charge in [0.05, 0.1) is 17.8 Å². The smallest absolute Gasteiger partial charge is 0.0859 e.